The summed E-state index contributed by atoms with van der Waals surface area (Å²) < 4.78 is 0. The molecule has 3 N–H and O–H groups in total. The lowest BCUT2D eigenvalue weighted by Crippen LogP contribution is -2.41. The third-order valence-corrected chi connectivity index (χ3v) is 2.63. The molecule has 2 rings (SSSR count). The Kier molecular flexibility index (Phi) is 3.74. The van der Waals surface area contributed by atoms with Crippen LogP contribution in [0, 0.1) is 6.92 Å². The minimum absolute atomic E-state index is 0.249. The molecule has 0 fully saturated rings. The number of hydrogen-bond donors (Lipinski definition) is 3. The minimum Gasteiger partial charge on any atom is -0.285 e. The van der Waals surface area contributed by atoms with Gasteiger partial charge in [-0.1, -0.05) is 6.42 Å². The van der Waals surface area contributed by atoms with Crippen molar-refractivity contribution in [3.8, 4) is 0 Å². The first-order valence-electron chi connectivity index (χ1n) is 5.87. The van der Waals surface area contributed by atoms with E-state index in [1.54, 1.807) is 6.07 Å². The molecule has 0 radical (unpaired) electrons. The molecule has 6 heteroatoms. The topological polar surface area (TPSA) is 82.2 Å². The van der Waals surface area contributed by atoms with Crippen molar-refractivity contribution in [2.75, 3.05) is 6.54 Å². The first-order valence-corrected chi connectivity index (χ1v) is 5.87. The highest BCUT2D eigenvalue weighted by Crippen LogP contribution is 2.05. The number of nitrogens with zero attached hydrogens (tertiary/aromatic N) is 2. The highest BCUT2D eigenvalue weighted by Gasteiger charge is 2.10. The lowest BCUT2D eigenvalue weighted by molar-refractivity contribution is 0.0938. The molecule has 6 nitrogen and oxygen atoms in total. The van der Waals surface area contributed by atoms with Gasteiger partial charge in [-0.3, -0.25) is 25.7 Å². The Morgan fingerprint density at radius 2 is 2.29 bits per heavy atom. The number of amidine groups is 1. The van der Waals surface area contributed by atoms with Crippen molar-refractivity contribution in [2.24, 2.45) is 4.99 Å². The summed E-state index contributed by atoms with van der Waals surface area (Å²) in [6.07, 6.45) is 4.32. The maximum atomic E-state index is 11.7. The number of rotatable bonds is 1. The number of aromatic nitrogens is 2. The van der Waals surface area contributed by atoms with E-state index in [0.29, 0.717) is 5.69 Å². The normalized spacial score (nSPS) is 15.9. The molecule has 1 aromatic heterocycles. The first kappa shape index (κ1) is 11.6. The number of hydrogen-bond acceptors (Lipinski definition) is 4. The van der Waals surface area contributed by atoms with Crippen LogP contribution >= 0.6 is 0 Å². The maximum Gasteiger partial charge on any atom is 0.290 e. The second-order valence-electron chi connectivity index (χ2n) is 4.15. The zero-order valence-electron chi connectivity index (χ0n) is 9.92. The number of carbonyl (C=O) groups excluding carboxylic acids is 1. The molecule has 0 aliphatic carbocycles. The molecule has 0 spiro atoms. The Bertz CT molecular complexity index is 423. The van der Waals surface area contributed by atoms with Gasteiger partial charge in [-0.05, 0) is 25.8 Å². The summed E-state index contributed by atoms with van der Waals surface area (Å²) in [5, 5.41) is 6.61. The third-order valence-electron chi connectivity index (χ3n) is 2.63. The molecular formula is C11H17N5O. The molecule has 0 unspecified atom stereocenters. The van der Waals surface area contributed by atoms with E-state index in [4.69, 9.17) is 0 Å². The number of carbonyl (C=O) groups is 1. The van der Waals surface area contributed by atoms with Crippen molar-refractivity contribution in [1.29, 1.82) is 0 Å². The van der Waals surface area contributed by atoms with Crippen LogP contribution in [0.1, 0.15) is 41.9 Å². The van der Waals surface area contributed by atoms with Crippen LogP contribution in [0.4, 0.5) is 0 Å². The predicted octanol–water partition coefficient (Wildman–Crippen LogP) is 0.925. The number of aliphatic imine (C=N–C) groups is 1. The van der Waals surface area contributed by atoms with Crippen molar-refractivity contribution in [3.05, 3.63) is 17.5 Å². The van der Waals surface area contributed by atoms with Crippen LogP contribution in [0.2, 0.25) is 0 Å². The molecule has 1 aliphatic heterocycles. The molecule has 92 valence electrons. The summed E-state index contributed by atoms with van der Waals surface area (Å²) in [5.74, 6) is 0.601. The van der Waals surface area contributed by atoms with Gasteiger partial charge < -0.3 is 0 Å². The monoisotopic (exact) mass is 235 g/mol. The van der Waals surface area contributed by atoms with Gasteiger partial charge in [0.2, 0.25) is 0 Å². The lowest BCUT2D eigenvalue weighted by Gasteiger charge is -2.08. The highest BCUT2D eigenvalue weighted by atomic mass is 16.2. The van der Waals surface area contributed by atoms with Gasteiger partial charge in [0.25, 0.3) is 5.91 Å². The van der Waals surface area contributed by atoms with Gasteiger partial charge in [0.15, 0.2) is 5.69 Å². The van der Waals surface area contributed by atoms with E-state index < -0.39 is 0 Å². The van der Waals surface area contributed by atoms with Crippen LogP contribution in [0.15, 0.2) is 11.1 Å². The van der Waals surface area contributed by atoms with Crippen molar-refractivity contribution in [2.45, 2.75) is 32.6 Å². The second-order valence-corrected chi connectivity index (χ2v) is 4.15. The number of nitrogens with one attached hydrogen (secondary N) is 3. The third kappa shape index (κ3) is 3.30. The molecule has 0 bridgehead atoms. The molecule has 2 heterocycles. The summed E-state index contributed by atoms with van der Waals surface area (Å²) in [4.78, 5) is 16.0. The first-order chi connectivity index (χ1) is 8.25. The van der Waals surface area contributed by atoms with E-state index in [-0.39, 0.29) is 5.91 Å². The molecule has 1 amide bonds. The van der Waals surface area contributed by atoms with E-state index in [9.17, 15) is 4.79 Å². The van der Waals surface area contributed by atoms with Gasteiger partial charge in [-0.25, -0.2) is 0 Å². The zero-order valence-corrected chi connectivity index (χ0v) is 9.92. The van der Waals surface area contributed by atoms with Crippen molar-refractivity contribution in [3.63, 3.8) is 0 Å². The predicted molar refractivity (Wildman–Crippen MR) is 64.7 cm³/mol. The molecule has 1 aromatic rings. The maximum absolute atomic E-state index is 11.7. The van der Waals surface area contributed by atoms with Crippen LogP contribution < -0.4 is 10.9 Å². The van der Waals surface area contributed by atoms with Gasteiger partial charge in [-0.15, -0.1) is 0 Å². The Balaban J connectivity index is 1.85. The van der Waals surface area contributed by atoms with Crippen molar-refractivity contribution in [1.82, 2.24) is 21.0 Å². The van der Waals surface area contributed by atoms with Crippen molar-refractivity contribution >= 4 is 11.7 Å². The summed E-state index contributed by atoms with van der Waals surface area (Å²) in [6.45, 7) is 2.69. The van der Waals surface area contributed by atoms with Gasteiger partial charge in [0.05, 0.1) is 0 Å². The van der Waals surface area contributed by atoms with E-state index in [2.05, 4.69) is 26.0 Å². The van der Waals surface area contributed by atoms with Gasteiger partial charge in [0, 0.05) is 18.7 Å². The SMILES string of the molecule is Cc1cc(C(=O)NNC2=NCCCCC2)n[nH]1. The van der Waals surface area contributed by atoms with Crippen LogP contribution in [0.25, 0.3) is 0 Å². The average Bonchev–Trinajstić information content (AvgIpc) is 2.61. The molecule has 0 saturated heterocycles. The molecule has 0 atom stereocenters. The van der Waals surface area contributed by atoms with Crippen molar-refractivity contribution < 1.29 is 4.79 Å². The van der Waals surface area contributed by atoms with Crippen LogP contribution in [0.5, 0.6) is 0 Å². The van der Waals surface area contributed by atoms with E-state index in [1.165, 1.54) is 6.42 Å². The fourth-order valence-corrected chi connectivity index (χ4v) is 1.70. The second kappa shape index (κ2) is 5.47. The largest absolute Gasteiger partial charge is 0.290 e. The number of aryl methyl sites for hydroxylation is 1. The van der Waals surface area contributed by atoms with Gasteiger partial charge >= 0.3 is 0 Å². The Morgan fingerprint density at radius 1 is 1.41 bits per heavy atom. The molecule has 0 aromatic carbocycles. The van der Waals surface area contributed by atoms with Gasteiger partial charge in [-0.2, -0.15) is 5.10 Å². The summed E-state index contributed by atoms with van der Waals surface area (Å²) in [7, 11) is 0. The average molecular weight is 235 g/mol. The quantitative estimate of drug-likeness (QED) is 0.633. The standard InChI is InChI=1S/C11H17N5O/c1-8-7-9(14-13-8)11(17)16-15-10-5-3-2-4-6-12-10/h7H,2-6H2,1H3,(H,12,15)(H,13,14)(H,16,17). The summed E-state index contributed by atoms with van der Waals surface area (Å²) in [5.41, 5.74) is 6.72. The molecule has 1 aliphatic rings. The lowest BCUT2D eigenvalue weighted by atomic mass is 10.2. The fraction of sp³-hybridized carbons (Fsp3) is 0.545. The van der Waals surface area contributed by atoms with E-state index >= 15 is 0 Å². The van der Waals surface area contributed by atoms with Crippen LogP contribution in [0.3, 0.4) is 0 Å². The van der Waals surface area contributed by atoms with Crippen LogP contribution in [-0.2, 0) is 0 Å². The van der Waals surface area contributed by atoms with Gasteiger partial charge in [0.1, 0.15) is 5.84 Å². The number of hydrazine groups is 1. The van der Waals surface area contributed by atoms with E-state index in [0.717, 1.165) is 37.3 Å². The zero-order chi connectivity index (χ0) is 12.1. The Labute approximate surface area is 99.9 Å². The Hall–Kier alpha value is -1.85. The highest BCUT2D eigenvalue weighted by molar-refractivity contribution is 5.94. The number of aromatic amines is 1. The summed E-state index contributed by atoms with van der Waals surface area (Å²) in [6, 6.07) is 1.70. The Morgan fingerprint density at radius 3 is 3.06 bits per heavy atom. The van der Waals surface area contributed by atoms with E-state index in [1.807, 2.05) is 6.92 Å². The summed E-state index contributed by atoms with van der Waals surface area (Å²) >= 11 is 0. The molecular weight excluding hydrogens is 218 g/mol. The minimum atomic E-state index is -0.249. The number of amides is 1. The number of H-pyrrole nitrogens is 1. The smallest absolute Gasteiger partial charge is 0.285 e. The fourth-order valence-electron chi connectivity index (χ4n) is 1.70. The molecule has 17 heavy (non-hydrogen) atoms. The molecule has 0 saturated carbocycles. The van der Waals surface area contributed by atoms with Crippen LogP contribution in [-0.4, -0.2) is 28.5 Å².